The molecule has 1 aliphatic rings. The Morgan fingerprint density at radius 1 is 1.37 bits per heavy atom. The molecule has 4 nitrogen and oxygen atoms in total. The largest absolute Gasteiger partial charge is 0.316 e. The standard InChI is InChI=1S/C13H19ClN2O2S/c1-13(5-6-13)9-16-19(17,18)11-4-3-10(8-15-2)12(14)7-11/h3-4,7,15-16H,5-6,8-9H2,1-2H3. The Labute approximate surface area is 119 Å². The highest BCUT2D eigenvalue weighted by Crippen LogP contribution is 2.44. The highest BCUT2D eigenvalue weighted by molar-refractivity contribution is 7.89. The lowest BCUT2D eigenvalue weighted by Gasteiger charge is -2.12. The van der Waals surface area contributed by atoms with Crippen LogP contribution in [0.15, 0.2) is 23.1 Å². The molecule has 0 amide bonds. The van der Waals surface area contributed by atoms with E-state index in [2.05, 4.69) is 17.0 Å². The molecule has 1 saturated carbocycles. The quantitative estimate of drug-likeness (QED) is 0.846. The molecule has 2 rings (SSSR count). The number of hydrogen-bond donors (Lipinski definition) is 2. The maximum absolute atomic E-state index is 12.1. The fraction of sp³-hybridized carbons (Fsp3) is 0.538. The molecule has 1 aromatic carbocycles. The van der Waals surface area contributed by atoms with Crippen molar-refractivity contribution < 1.29 is 8.42 Å². The van der Waals surface area contributed by atoms with Crippen LogP contribution in [-0.2, 0) is 16.6 Å². The SMILES string of the molecule is CNCc1ccc(S(=O)(=O)NCC2(C)CC2)cc1Cl. The van der Waals surface area contributed by atoms with Crippen LogP contribution in [-0.4, -0.2) is 22.0 Å². The zero-order valence-electron chi connectivity index (χ0n) is 11.2. The minimum Gasteiger partial charge on any atom is -0.316 e. The fourth-order valence-corrected chi connectivity index (χ4v) is 3.31. The Morgan fingerprint density at radius 3 is 2.58 bits per heavy atom. The Kier molecular flexibility index (Phi) is 4.20. The van der Waals surface area contributed by atoms with Gasteiger partial charge in [-0.3, -0.25) is 0 Å². The maximum atomic E-state index is 12.1. The first kappa shape index (κ1) is 14.8. The van der Waals surface area contributed by atoms with E-state index in [-0.39, 0.29) is 10.3 Å². The molecule has 1 aliphatic carbocycles. The van der Waals surface area contributed by atoms with Gasteiger partial charge in [-0.05, 0) is 43.0 Å². The summed E-state index contributed by atoms with van der Waals surface area (Å²) < 4.78 is 26.9. The van der Waals surface area contributed by atoms with Crippen molar-refractivity contribution in [3.05, 3.63) is 28.8 Å². The van der Waals surface area contributed by atoms with E-state index in [1.54, 1.807) is 12.1 Å². The molecule has 0 saturated heterocycles. The molecule has 6 heteroatoms. The van der Waals surface area contributed by atoms with Gasteiger partial charge < -0.3 is 5.32 Å². The van der Waals surface area contributed by atoms with E-state index in [1.807, 2.05) is 7.05 Å². The van der Waals surface area contributed by atoms with E-state index < -0.39 is 10.0 Å². The topological polar surface area (TPSA) is 58.2 Å². The average molecular weight is 303 g/mol. The number of benzene rings is 1. The smallest absolute Gasteiger partial charge is 0.240 e. The van der Waals surface area contributed by atoms with Gasteiger partial charge >= 0.3 is 0 Å². The predicted octanol–water partition coefficient (Wildman–Crippen LogP) is 2.14. The second-order valence-electron chi connectivity index (χ2n) is 5.42. The van der Waals surface area contributed by atoms with Crippen LogP contribution in [0, 0.1) is 5.41 Å². The van der Waals surface area contributed by atoms with Gasteiger partial charge in [0.15, 0.2) is 0 Å². The summed E-state index contributed by atoms with van der Waals surface area (Å²) in [5.41, 5.74) is 1.03. The molecule has 1 fully saturated rings. The summed E-state index contributed by atoms with van der Waals surface area (Å²) in [6.07, 6.45) is 2.16. The van der Waals surface area contributed by atoms with Crippen LogP contribution in [0.3, 0.4) is 0 Å². The van der Waals surface area contributed by atoms with Crippen LogP contribution in [0.2, 0.25) is 5.02 Å². The highest BCUT2D eigenvalue weighted by Gasteiger charge is 2.38. The van der Waals surface area contributed by atoms with E-state index in [0.717, 1.165) is 18.4 Å². The number of halogens is 1. The lowest BCUT2D eigenvalue weighted by Crippen LogP contribution is -2.29. The summed E-state index contributed by atoms with van der Waals surface area (Å²) in [6, 6.07) is 4.84. The summed E-state index contributed by atoms with van der Waals surface area (Å²) in [7, 11) is -1.64. The molecule has 0 unspecified atom stereocenters. The van der Waals surface area contributed by atoms with E-state index >= 15 is 0 Å². The molecule has 0 heterocycles. The predicted molar refractivity (Wildman–Crippen MR) is 76.7 cm³/mol. The molecule has 1 aromatic rings. The van der Waals surface area contributed by atoms with Crippen molar-refractivity contribution in [2.75, 3.05) is 13.6 Å². The molecule has 0 spiro atoms. The first-order valence-electron chi connectivity index (χ1n) is 6.29. The second kappa shape index (κ2) is 5.40. The third kappa shape index (κ3) is 3.69. The lowest BCUT2D eigenvalue weighted by molar-refractivity contribution is 0.530. The van der Waals surface area contributed by atoms with Crippen LogP contribution in [0.1, 0.15) is 25.3 Å². The maximum Gasteiger partial charge on any atom is 0.240 e. The Morgan fingerprint density at radius 2 is 2.05 bits per heavy atom. The van der Waals surface area contributed by atoms with Gasteiger partial charge in [-0.2, -0.15) is 0 Å². The zero-order chi connectivity index (χ0) is 14.1. The molecule has 106 valence electrons. The van der Waals surface area contributed by atoms with Crippen molar-refractivity contribution in [3.63, 3.8) is 0 Å². The first-order valence-corrected chi connectivity index (χ1v) is 8.15. The summed E-state index contributed by atoms with van der Waals surface area (Å²) in [5.74, 6) is 0. The summed E-state index contributed by atoms with van der Waals surface area (Å²) in [4.78, 5) is 0.224. The molecule has 0 bridgehead atoms. The average Bonchev–Trinajstić information content (AvgIpc) is 3.09. The van der Waals surface area contributed by atoms with E-state index in [4.69, 9.17) is 11.6 Å². The lowest BCUT2D eigenvalue weighted by atomic mass is 10.2. The molecule has 0 radical (unpaired) electrons. The van der Waals surface area contributed by atoms with Crippen molar-refractivity contribution in [2.24, 2.45) is 5.41 Å². The summed E-state index contributed by atoms with van der Waals surface area (Å²) >= 11 is 6.08. The minimum atomic E-state index is -3.46. The van der Waals surface area contributed by atoms with Crippen molar-refractivity contribution in [2.45, 2.75) is 31.2 Å². The molecular weight excluding hydrogens is 284 g/mol. The van der Waals surface area contributed by atoms with Crippen molar-refractivity contribution >= 4 is 21.6 Å². The molecule has 0 aliphatic heterocycles. The van der Waals surface area contributed by atoms with Gasteiger partial charge in [-0.1, -0.05) is 24.6 Å². The van der Waals surface area contributed by atoms with Gasteiger partial charge in [0.1, 0.15) is 0 Å². The van der Waals surface area contributed by atoms with Crippen LogP contribution in [0.5, 0.6) is 0 Å². The molecule has 0 atom stereocenters. The molecule has 2 N–H and O–H groups in total. The molecule has 19 heavy (non-hydrogen) atoms. The Bertz CT molecular complexity index is 568. The van der Waals surface area contributed by atoms with Crippen molar-refractivity contribution in [3.8, 4) is 0 Å². The highest BCUT2D eigenvalue weighted by atomic mass is 35.5. The third-order valence-corrected chi connectivity index (χ3v) is 5.25. The van der Waals surface area contributed by atoms with Crippen LogP contribution in [0.25, 0.3) is 0 Å². The van der Waals surface area contributed by atoms with E-state index in [0.29, 0.717) is 18.1 Å². The summed E-state index contributed by atoms with van der Waals surface area (Å²) in [6.45, 7) is 3.19. The van der Waals surface area contributed by atoms with Crippen LogP contribution >= 0.6 is 11.6 Å². The van der Waals surface area contributed by atoms with E-state index in [1.165, 1.54) is 6.07 Å². The molecule has 0 aromatic heterocycles. The number of hydrogen-bond acceptors (Lipinski definition) is 3. The van der Waals surface area contributed by atoms with Crippen LogP contribution in [0.4, 0.5) is 0 Å². The van der Waals surface area contributed by atoms with Gasteiger partial charge in [-0.15, -0.1) is 0 Å². The zero-order valence-corrected chi connectivity index (χ0v) is 12.7. The van der Waals surface area contributed by atoms with Gasteiger partial charge in [-0.25, -0.2) is 13.1 Å². The molecular formula is C13H19ClN2O2S. The monoisotopic (exact) mass is 302 g/mol. The second-order valence-corrected chi connectivity index (χ2v) is 7.59. The van der Waals surface area contributed by atoms with Crippen molar-refractivity contribution in [1.29, 1.82) is 0 Å². The summed E-state index contributed by atoms with van der Waals surface area (Å²) in [5, 5.41) is 3.45. The van der Waals surface area contributed by atoms with E-state index in [9.17, 15) is 8.42 Å². The third-order valence-electron chi connectivity index (χ3n) is 3.49. The first-order chi connectivity index (χ1) is 8.86. The van der Waals surface area contributed by atoms with Gasteiger partial charge in [0.25, 0.3) is 0 Å². The van der Waals surface area contributed by atoms with Crippen LogP contribution < -0.4 is 10.0 Å². The number of rotatable bonds is 6. The van der Waals surface area contributed by atoms with Crippen molar-refractivity contribution in [1.82, 2.24) is 10.0 Å². The van der Waals surface area contributed by atoms with Gasteiger partial charge in [0.05, 0.1) is 4.90 Å². The van der Waals surface area contributed by atoms with Gasteiger partial charge in [0.2, 0.25) is 10.0 Å². The Hall–Kier alpha value is -0.620. The number of nitrogens with one attached hydrogen (secondary N) is 2. The minimum absolute atomic E-state index is 0.142. The fourth-order valence-electron chi connectivity index (χ4n) is 1.77. The Balaban J connectivity index is 2.13. The van der Waals surface area contributed by atoms with Gasteiger partial charge in [0, 0.05) is 18.1 Å². The normalized spacial score (nSPS) is 17.4. The number of sulfonamides is 1.